The molecule has 0 spiro atoms. The standard InChI is InChI=1S/C13H15FN2O2S2/c1-16(7-6-11-3-2-8-19-11)20(17,18)13-9-10(14)4-5-12(13)15/h2-5,8-9H,6-7,15H2,1H3. The molecule has 7 heteroatoms. The average molecular weight is 314 g/mol. The quantitative estimate of drug-likeness (QED) is 0.862. The van der Waals surface area contributed by atoms with Crippen molar-refractivity contribution < 1.29 is 12.8 Å². The molecule has 2 N–H and O–H groups in total. The molecule has 0 saturated carbocycles. The summed E-state index contributed by atoms with van der Waals surface area (Å²) in [7, 11) is -2.31. The Balaban J connectivity index is 2.18. The van der Waals surface area contributed by atoms with Crippen LogP contribution in [0.15, 0.2) is 40.6 Å². The lowest BCUT2D eigenvalue weighted by molar-refractivity contribution is 0.473. The number of thiophene rings is 1. The van der Waals surface area contributed by atoms with Gasteiger partial charge in [0.15, 0.2) is 0 Å². The summed E-state index contributed by atoms with van der Waals surface area (Å²) in [6, 6.07) is 7.21. The second kappa shape index (κ2) is 5.90. The van der Waals surface area contributed by atoms with Gasteiger partial charge in [-0.1, -0.05) is 6.07 Å². The van der Waals surface area contributed by atoms with Crippen LogP contribution in [0.5, 0.6) is 0 Å². The lowest BCUT2D eigenvalue weighted by Crippen LogP contribution is -2.29. The van der Waals surface area contributed by atoms with E-state index in [0.29, 0.717) is 13.0 Å². The molecule has 20 heavy (non-hydrogen) atoms. The lowest BCUT2D eigenvalue weighted by Gasteiger charge is -2.18. The molecule has 108 valence electrons. The number of rotatable bonds is 5. The topological polar surface area (TPSA) is 63.4 Å². The maximum absolute atomic E-state index is 13.2. The van der Waals surface area contributed by atoms with Crippen LogP contribution < -0.4 is 5.73 Å². The van der Waals surface area contributed by atoms with Crippen LogP contribution in [-0.2, 0) is 16.4 Å². The first-order valence-corrected chi connectivity index (χ1v) is 8.27. The van der Waals surface area contributed by atoms with Crippen LogP contribution in [0.2, 0.25) is 0 Å². The number of likely N-dealkylation sites (N-methyl/N-ethyl adjacent to an activating group) is 1. The summed E-state index contributed by atoms with van der Waals surface area (Å²) < 4.78 is 39.1. The molecule has 0 amide bonds. The first-order chi connectivity index (χ1) is 9.41. The summed E-state index contributed by atoms with van der Waals surface area (Å²) in [5, 5.41) is 1.94. The van der Waals surface area contributed by atoms with Gasteiger partial charge in [0, 0.05) is 18.5 Å². The predicted molar refractivity (Wildman–Crippen MR) is 78.7 cm³/mol. The summed E-state index contributed by atoms with van der Waals surface area (Å²) in [6.45, 7) is 0.318. The maximum Gasteiger partial charge on any atom is 0.244 e. The van der Waals surface area contributed by atoms with Crippen molar-refractivity contribution in [1.82, 2.24) is 4.31 Å². The molecule has 1 aromatic carbocycles. The zero-order chi connectivity index (χ0) is 14.8. The van der Waals surface area contributed by atoms with Crippen LogP contribution >= 0.6 is 11.3 Å². The molecule has 4 nitrogen and oxygen atoms in total. The molecule has 0 fully saturated rings. The van der Waals surface area contributed by atoms with E-state index in [1.807, 2.05) is 17.5 Å². The van der Waals surface area contributed by atoms with Crippen molar-refractivity contribution in [2.45, 2.75) is 11.3 Å². The van der Waals surface area contributed by atoms with Gasteiger partial charge in [-0.05, 0) is 36.1 Å². The molecular weight excluding hydrogens is 299 g/mol. The van der Waals surface area contributed by atoms with E-state index >= 15 is 0 Å². The number of nitrogens with two attached hydrogens (primary N) is 1. The number of hydrogen-bond donors (Lipinski definition) is 1. The van der Waals surface area contributed by atoms with Crippen molar-refractivity contribution >= 4 is 27.0 Å². The minimum absolute atomic E-state index is 0.0503. The fourth-order valence-corrected chi connectivity index (χ4v) is 3.74. The molecular formula is C13H15FN2O2S2. The maximum atomic E-state index is 13.2. The first kappa shape index (κ1) is 15.0. The summed E-state index contributed by atoms with van der Waals surface area (Å²) in [5.74, 6) is -0.621. The highest BCUT2D eigenvalue weighted by Crippen LogP contribution is 2.23. The highest BCUT2D eigenvalue weighted by Gasteiger charge is 2.23. The summed E-state index contributed by atoms with van der Waals surface area (Å²) >= 11 is 1.57. The highest BCUT2D eigenvalue weighted by molar-refractivity contribution is 7.89. The number of hydrogen-bond acceptors (Lipinski definition) is 4. The Hall–Kier alpha value is -1.44. The van der Waals surface area contributed by atoms with Gasteiger partial charge in [-0.25, -0.2) is 17.1 Å². The average Bonchev–Trinajstić information content (AvgIpc) is 2.91. The number of nitrogens with zero attached hydrogens (tertiary/aromatic N) is 1. The van der Waals surface area contributed by atoms with E-state index in [4.69, 9.17) is 5.73 Å². The summed E-state index contributed by atoms with van der Waals surface area (Å²) in [4.78, 5) is 0.908. The van der Waals surface area contributed by atoms with Crippen molar-refractivity contribution in [3.05, 3.63) is 46.4 Å². The Morgan fingerprint density at radius 2 is 2.10 bits per heavy atom. The van der Waals surface area contributed by atoms with Crippen molar-refractivity contribution in [2.75, 3.05) is 19.3 Å². The molecule has 0 aliphatic carbocycles. The van der Waals surface area contributed by atoms with Gasteiger partial charge < -0.3 is 5.73 Å². The number of nitrogen functional groups attached to an aromatic ring is 1. The van der Waals surface area contributed by atoms with E-state index in [0.717, 1.165) is 17.0 Å². The number of halogens is 1. The molecule has 0 unspecified atom stereocenters. The summed E-state index contributed by atoms with van der Waals surface area (Å²) in [5.41, 5.74) is 5.68. The van der Waals surface area contributed by atoms with Gasteiger partial charge in [-0.15, -0.1) is 11.3 Å². The Labute approximate surface area is 121 Å². The molecule has 0 aliphatic heterocycles. The van der Waals surface area contributed by atoms with Gasteiger partial charge in [0.1, 0.15) is 10.7 Å². The van der Waals surface area contributed by atoms with Crippen LogP contribution in [0.4, 0.5) is 10.1 Å². The van der Waals surface area contributed by atoms with Gasteiger partial charge in [0.25, 0.3) is 0 Å². The molecule has 1 aromatic heterocycles. The van der Waals surface area contributed by atoms with Crippen LogP contribution in [-0.4, -0.2) is 26.3 Å². The molecule has 0 aliphatic rings. The molecule has 0 saturated heterocycles. The largest absolute Gasteiger partial charge is 0.398 e. The predicted octanol–water partition coefficient (Wildman–Crippen LogP) is 2.33. The van der Waals surface area contributed by atoms with Crippen LogP contribution in [0, 0.1) is 5.82 Å². The normalized spacial score (nSPS) is 11.9. The van der Waals surface area contributed by atoms with Crippen molar-refractivity contribution in [2.24, 2.45) is 0 Å². The number of anilines is 1. The van der Waals surface area contributed by atoms with Crippen molar-refractivity contribution in [3.63, 3.8) is 0 Å². The van der Waals surface area contributed by atoms with E-state index in [1.54, 1.807) is 11.3 Å². The van der Waals surface area contributed by atoms with E-state index in [9.17, 15) is 12.8 Å². The van der Waals surface area contributed by atoms with E-state index in [-0.39, 0.29) is 10.6 Å². The number of sulfonamides is 1. The molecule has 2 rings (SSSR count). The van der Waals surface area contributed by atoms with E-state index < -0.39 is 15.8 Å². The third-order valence-corrected chi connectivity index (χ3v) is 5.77. The Morgan fingerprint density at radius 3 is 2.75 bits per heavy atom. The molecule has 2 aromatic rings. The minimum atomic E-state index is -3.77. The summed E-state index contributed by atoms with van der Waals surface area (Å²) in [6.07, 6.45) is 0.614. The van der Waals surface area contributed by atoms with Crippen molar-refractivity contribution in [1.29, 1.82) is 0 Å². The van der Waals surface area contributed by atoms with Gasteiger partial charge in [-0.2, -0.15) is 0 Å². The fraction of sp³-hybridized carbons (Fsp3) is 0.231. The third kappa shape index (κ3) is 3.17. The van der Waals surface area contributed by atoms with Gasteiger partial charge in [0.2, 0.25) is 10.0 Å². The van der Waals surface area contributed by atoms with Gasteiger partial charge in [0.05, 0.1) is 5.69 Å². The van der Waals surface area contributed by atoms with Crippen LogP contribution in [0.25, 0.3) is 0 Å². The zero-order valence-electron chi connectivity index (χ0n) is 10.9. The Morgan fingerprint density at radius 1 is 1.35 bits per heavy atom. The second-order valence-electron chi connectivity index (χ2n) is 4.34. The van der Waals surface area contributed by atoms with Crippen LogP contribution in [0.1, 0.15) is 4.88 Å². The van der Waals surface area contributed by atoms with Gasteiger partial charge >= 0.3 is 0 Å². The van der Waals surface area contributed by atoms with Gasteiger partial charge in [-0.3, -0.25) is 0 Å². The Bertz CT molecular complexity index is 684. The smallest absolute Gasteiger partial charge is 0.244 e. The third-order valence-electron chi connectivity index (χ3n) is 2.92. The molecule has 0 atom stereocenters. The first-order valence-electron chi connectivity index (χ1n) is 5.95. The fourth-order valence-electron chi connectivity index (χ4n) is 1.74. The van der Waals surface area contributed by atoms with Crippen molar-refractivity contribution in [3.8, 4) is 0 Å². The van der Waals surface area contributed by atoms with E-state index in [1.165, 1.54) is 17.4 Å². The SMILES string of the molecule is CN(CCc1cccs1)S(=O)(=O)c1cc(F)ccc1N. The van der Waals surface area contributed by atoms with E-state index in [2.05, 4.69) is 0 Å². The number of benzene rings is 1. The minimum Gasteiger partial charge on any atom is -0.398 e. The molecule has 0 bridgehead atoms. The van der Waals surface area contributed by atoms with Crippen LogP contribution in [0.3, 0.4) is 0 Å². The Kier molecular flexibility index (Phi) is 4.42. The zero-order valence-corrected chi connectivity index (χ0v) is 12.5. The molecule has 0 radical (unpaired) electrons. The monoisotopic (exact) mass is 314 g/mol. The highest BCUT2D eigenvalue weighted by atomic mass is 32.2. The lowest BCUT2D eigenvalue weighted by atomic mass is 10.3. The molecule has 1 heterocycles. The second-order valence-corrected chi connectivity index (χ2v) is 7.38.